The number of rotatable bonds is 7. The summed E-state index contributed by atoms with van der Waals surface area (Å²) in [5, 5.41) is 3.25. The first kappa shape index (κ1) is 14.2. The minimum absolute atomic E-state index is 0.180. The first-order valence-corrected chi connectivity index (χ1v) is 5.78. The molecule has 18 heavy (non-hydrogen) atoms. The number of benzene rings is 1. The zero-order chi connectivity index (χ0) is 13.4. The summed E-state index contributed by atoms with van der Waals surface area (Å²) in [5.41, 5.74) is 1.07. The average Bonchev–Trinajstić information content (AvgIpc) is 2.42. The van der Waals surface area contributed by atoms with Crippen molar-refractivity contribution >= 4 is 0 Å². The van der Waals surface area contributed by atoms with Crippen LogP contribution in [0.25, 0.3) is 0 Å². The van der Waals surface area contributed by atoms with Crippen LogP contribution in [-0.4, -0.2) is 27.4 Å². The monoisotopic (exact) mass is 249 g/mol. The van der Waals surface area contributed by atoms with Gasteiger partial charge >= 0.3 is 0 Å². The van der Waals surface area contributed by atoms with Crippen molar-refractivity contribution < 1.29 is 14.2 Å². The average molecular weight is 249 g/mol. The molecule has 1 N–H and O–H groups in total. The zero-order valence-corrected chi connectivity index (χ0v) is 11.1. The van der Waals surface area contributed by atoms with Gasteiger partial charge in [0.1, 0.15) is 6.61 Å². The van der Waals surface area contributed by atoms with Crippen LogP contribution in [0, 0.1) is 12.3 Å². The molecule has 0 aliphatic heterocycles. The molecule has 0 fully saturated rings. The highest BCUT2D eigenvalue weighted by molar-refractivity contribution is 5.54. The second kappa shape index (κ2) is 7.46. The number of hydrogen-bond acceptors (Lipinski definition) is 4. The summed E-state index contributed by atoms with van der Waals surface area (Å²) in [5.74, 6) is 4.21. The maximum Gasteiger partial charge on any atom is 0.204 e. The molecule has 0 radical (unpaired) electrons. The molecule has 0 aliphatic rings. The van der Waals surface area contributed by atoms with Crippen molar-refractivity contribution in [3.05, 3.63) is 17.7 Å². The molecule has 4 nitrogen and oxygen atoms in total. The third-order valence-electron chi connectivity index (χ3n) is 2.40. The van der Waals surface area contributed by atoms with E-state index in [2.05, 4.69) is 18.2 Å². The molecule has 4 heteroatoms. The number of hydrogen-bond donors (Lipinski definition) is 1. The van der Waals surface area contributed by atoms with Gasteiger partial charge in [-0.3, -0.25) is 0 Å². The Kier molecular flexibility index (Phi) is 5.89. The van der Waals surface area contributed by atoms with Crippen LogP contribution in [0.3, 0.4) is 0 Å². The minimum Gasteiger partial charge on any atom is -0.493 e. The lowest BCUT2D eigenvalue weighted by molar-refractivity contribution is 0.304. The molecule has 0 bridgehead atoms. The first-order valence-electron chi connectivity index (χ1n) is 5.78. The van der Waals surface area contributed by atoms with Crippen LogP contribution in [0.4, 0.5) is 0 Å². The standard InChI is InChI=1S/C14H19NO3/c1-5-7-18-14-12(16-3)8-11(10-15-6-2)9-13(14)17-4/h1,8-9,15H,6-7,10H2,2-4H3. The van der Waals surface area contributed by atoms with E-state index in [1.807, 2.05) is 12.1 Å². The Hall–Kier alpha value is -1.86. The number of methoxy groups -OCH3 is 2. The third kappa shape index (κ3) is 3.57. The van der Waals surface area contributed by atoms with Crippen molar-refractivity contribution in [3.8, 4) is 29.6 Å². The molecule has 0 heterocycles. The van der Waals surface area contributed by atoms with E-state index in [0.29, 0.717) is 17.2 Å². The normalized spacial score (nSPS) is 9.67. The predicted octanol–water partition coefficient (Wildman–Crippen LogP) is 1.83. The highest BCUT2D eigenvalue weighted by Crippen LogP contribution is 2.38. The lowest BCUT2D eigenvalue weighted by Crippen LogP contribution is -2.12. The second-order valence-electron chi connectivity index (χ2n) is 3.60. The van der Waals surface area contributed by atoms with Gasteiger partial charge in [0.25, 0.3) is 0 Å². The van der Waals surface area contributed by atoms with Gasteiger partial charge in [-0.1, -0.05) is 12.8 Å². The fraction of sp³-hybridized carbons (Fsp3) is 0.429. The third-order valence-corrected chi connectivity index (χ3v) is 2.40. The van der Waals surface area contributed by atoms with Crippen LogP contribution in [0.1, 0.15) is 12.5 Å². The molecule has 0 atom stereocenters. The molecule has 0 aromatic heterocycles. The van der Waals surface area contributed by atoms with Gasteiger partial charge < -0.3 is 19.5 Å². The Bertz CT molecular complexity index is 399. The van der Waals surface area contributed by atoms with Crippen LogP contribution in [0.15, 0.2) is 12.1 Å². The van der Waals surface area contributed by atoms with Gasteiger partial charge in [-0.2, -0.15) is 0 Å². The fourth-order valence-electron chi connectivity index (χ4n) is 1.56. The largest absolute Gasteiger partial charge is 0.493 e. The maximum absolute atomic E-state index is 5.45. The van der Waals surface area contributed by atoms with Crippen molar-refractivity contribution in [2.45, 2.75) is 13.5 Å². The molecule has 1 rings (SSSR count). The van der Waals surface area contributed by atoms with Crippen LogP contribution >= 0.6 is 0 Å². The minimum atomic E-state index is 0.180. The van der Waals surface area contributed by atoms with E-state index in [1.165, 1.54) is 0 Å². The van der Waals surface area contributed by atoms with Crippen LogP contribution in [-0.2, 0) is 6.54 Å². The van der Waals surface area contributed by atoms with Crippen molar-refractivity contribution in [1.82, 2.24) is 5.32 Å². The number of nitrogens with one attached hydrogen (secondary N) is 1. The summed E-state index contributed by atoms with van der Waals surface area (Å²) in [6, 6.07) is 3.83. The molecule has 0 spiro atoms. The molecule has 0 saturated heterocycles. The summed E-state index contributed by atoms with van der Waals surface area (Å²) in [6.45, 7) is 3.89. The van der Waals surface area contributed by atoms with Gasteiger partial charge in [-0.05, 0) is 24.2 Å². The smallest absolute Gasteiger partial charge is 0.204 e. The van der Waals surface area contributed by atoms with Gasteiger partial charge in [0.15, 0.2) is 11.5 Å². The van der Waals surface area contributed by atoms with E-state index in [-0.39, 0.29) is 6.61 Å². The van der Waals surface area contributed by atoms with E-state index in [0.717, 1.165) is 18.7 Å². The van der Waals surface area contributed by atoms with Crippen molar-refractivity contribution in [2.75, 3.05) is 27.4 Å². The van der Waals surface area contributed by atoms with Gasteiger partial charge in [0.2, 0.25) is 5.75 Å². The van der Waals surface area contributed by atoms with Gasteiger partial charge in [-0.15, -0.1) is 6.42 Å². The van der Waals surface area contributed by atoms with E-state index in [9.17, 15) is 0 Å². The highest BCUT2D eigenvalue weighted by atomic mass is 16.5. The first-order chi connectivity index (χ1) is 8.76. The number of ether oxygens (including phenoxy) is 3. The van der Waals surface area contributed by atoms with Crippen molar-refractivity contribution in [1.29, 1.82) is 0 Å². The molecule has 0 amide bonds. The Labute approximate surface area is 108 Å². The zero-order valence-electron chi connectivity index (χ0n) is 11.1. The molecule has 0 saturated carbocycles. The number of terminal acetylenes is 1. The Morgan fingerprint density at radius 1 is 1.22 bits per heavy atom. The van der Waals surface area contributed by atoms with E-state index in [1.54, 1.807) is 14.2 Å². The fourth-order valence-corrected chi connectivity index (χ4v) is 1.56. The van der Waals surface area contributed by atoms with E-state index < -0.39 is 0 Å². The SMILES string of the molecule is C#CCOc1c(OC)cc(CNCC)cc1OC. The van der Waals surface area contributed by atoms with Gasteiger partial charge in [0.05, 0.1) is 14.2 Å². The van der Waals surface area contributed by atoms with Crippen LogP contribution < -0.4 is 19.5 Å². The summed E-state index contributed by atoms with van der Waals surface area (Å²) < 4.78 is 16.1. The van der Waals surface area contributed by atoms with Crippen molar-refractivity contribution in [3.63, 3.8) is 0 Å². The molecular weight excluding hydrogens is 230 g/mol. The Morgan fingerprint density at radius 3 is 2.28 bits per heavy atom. The molecule has 98 valence electrons. The molecule has 1 aromatic carbocycles. The highest BCUT2D eigenvalue weighted by Gasteiger charge is 2.13. The molecule has 1 aromatic rings. The van der Waals surface area contributed by atoms with Crippen LogP contribution in [0.2, 0.25) is 0 Å². The summed E-state index contributed by atoms with van der Waals surface area (Å²) in [7, 11) is 3.18. The quantitative estimate of drug-likeness (QED) is 0.748. The van der Waals surface area contributed by atoms with E-state index >= 15 is 0 Å². The summed E-state index contributed by atoms with van der Waals surface area (Å²) >= 11 is 0. The molecular formula is C14H19NO3. The maximum atomic E-state index is 5.45. The second-order valence-corrected chi connectivity index (χ2v) is 3.60. The topological polar surface area (TPSA) is 39.7 Å². The lowest BCUT2D eigenvalue weighted by atomic mass is 10.1. The summed E-state index contributed by atoms with van der Waals surface area (Å²) in [6.07, 6.45) is 5.19. The van der Waals surface area contributed by atoms with Crippen molar-refractivity contribution in [2.24, 2.45) is 0 Å². The van der Waals surface area contributed by atoms with Crippen LogP contribution in [0.5, 0.6) is 17.2 Å². The van der Waals surface area contributed by atoms with Gasteiger partial charge in [0, 0.05) is 6.54 Å². The molecule has 0 aliphatic carbocycles. The summed E-state index contributed by atoms with van der Waals surface area (Å²) in [4.78, 5) is 0. The van der Waals surface area contributed by atoms with Gasteiger partial charge in [-0.25, -0.2) is 0 Å². The predicted molar refractivity (Wildman–Crippen MR) is 71.3 cm³/mol. The molecule has 0 unspecified atom stereocenters. The Balaban J connectivity index is 3.05. The lowest BCUT2D eigenvalue weighted by Gasteiger charge is -2.15. The Morgan fingerprint density at radius 2 is 1.83 bits per heavy atom. The van der Waals surface area contributed by atoms with E-state index in [4.69, 9.17) is 20.6 Å².